The van der Waals surface area contributed by atoms with Gasteiger partial charge in [0.15, 0.2) is 0 Å². The third kappa shape index (κ3) is 4.04. The molecule has 7 heteroatoms. The highest BCUT2D eigenvalue weighted by Gasteiger charge is 2.22. The molecular formula is C19H25N5O2. The Kier molecular flexibility index (Phi) is 5.25. The molecule has 1 unspecified atom stereocenters. The number of amides is 3. The molecule has 2 heterocycles. The van der Waals surface area contributed by atoms with Crippen LogP contribution in [0.4, 0.5) is 10.5 Å². The quantitative estimate of drug-likeness (QED) is 0.865. The number of benzene rings is 1. The fourth-order valence-electron chi connectivity index (χ4n) is 3.29. The number of nitrogens with zero attached hydrogens (tertiary/aromatic N) is 3. The first-order valence-corrected chi connectivity index (χ1v) is 8.92. The van der Waals surface area contributed by atoms with E-state index in [1.165, 1.54) is 0 Å². The lowest BCUT2D eigenvalue weighted by Crippen LogP contribution is -2.44. The Morgan fingerprint density at radius 3 is 2.73 bits per heavy atom. The molecule has 2 N–H and O–H groups in total. The summed E-state index contributed by atoms with van der Waals surface area (Å²) in [4.78, 5) is 25.9. The summed E-state index contributed by atoms with van der Waals surface area (Å²) in [7, 11) is 0. The van der Waals surface area contributed by atoms with Gasteiger partial charge in [-0.3, -0.25) is 4.79 Å². The minimum absolute atomic E-state index is 0.127. The van der Waals surface area contributed by atoms with Crippen molar-refractivity contribution in [1.82, 2.24) is 20.0 Å². The van der Waals surface area contributed by atoms with Crippen molar-refractivity contribution in [2.45, 2.75) is 39.7 Å². The smallest absolute Gasteiger partial charge is 0.319 e. The standard InChI is InChI=1S/C19H25N5O2/c1-13-11-15(3)24(22-13)17-8-5-4-7-16(17)21-19(26)20-14(2)12-23-10-6-9-18(23)25/h4-5,7-8,11,14H,6,9-10,12H2,1-3H3,(H2,20,21,26). The number of para-hydroxylation sites is 2. The number of hydrogen-bond acceptors (Lipinski definition) is 3. The van der Waals surface area contributed by atoms with Gasteiger partial charge in [0.05, 0.1) is 17.1 Å². The van der Waals surface area contributed by atoms with Gasteiger partial charge in [-0.25, -0.2) is 9.48 Å². The molecule has 3 amide bonds. The van der Waals surface area contributed by atoms with Crippen LogP contribution in [0.15, 0.2) is 30.3 Å². The molecule has 7 nitrogen and oxygen atoms in total. The fourth-order valence-corrected chi connectivity index (χ4v) is 3.29. The monoisotopic (exact) mass is 355 g/mol. The van der Waals surface area contributed by atoms with Gasteiger partial charge in [-0.15, -0.1) is 0 Å². The average molecular weight is 355 g/mol. The Balaban J connectivity index is 1.66. The number of carbonyl (C=O) groups excluding carboxylic acids is 2. The number of aromatic nitrogens is 2. The van der Waals surface area contributed by atoms with Crippen molar-refractivity contribution in [2.24, 2.45) is 0 Å². The van der Waals surface area contributed by atoms with Gasteiger partial charge in [0.2, 0.25) is 5.91 Å². The Bertz CT molecular complexity index is 814. The Morgan fingerprint density at radius 1 is 1.31 bits per heavy atom. The molecule has 1 aliphatic rings. The highest BCUT2D eigenvalue weighted by Crippen LogP contribution is 2.21. The zero-order valence-electron chi connectivity index (χ0n) is 15.5. The van der Waals surface area contributed by atoms with Crippen molar-refractivity contribution in [1.29, 1.82) is 0 Å². The average Bonchev–Trinajstić information content (AvgIpc) is 3.13. The molecule has 1 atom stereocenters. The SMILES string of the molecule is Cc1cc(C)n(-c2ccccc2NC(=O)NC(C)CN2CCCC2=O)n1. The van der Waals surface area contributed by atoms with Crippen LogP contribution in [0, 0.1) is 13.8 Å². The summed E-state index contributed by atoms with van der Waals surface area (Å²) in [5.74, 6) is 0.161. The van der Waals surface area contributed by atoms with E-state index < -0.39 is 0 Å². The van der Waals surface area contributed by atoms with Gasteiger partial charge >= 0.3 is 6.03 Å². The van der Waals surface area contributed by atoms with Gasteiger partial charge in [-0.2, -0.15) is 5.10 Å². The zero-order chi connectivity index (χ0) is 18.7. The first-order chi connectivity index (χ1) is 12.4. The lowest BCUT2D eigenvalue weighted by Gasteiger charge is -2.22. The molecule has 26 heavy (non-hydrogen) atoms. The first kappa shape index (κ1) is 18.0. The van der Waals surface area contributed by atoms with Gasteiger partial charge in [-0.05, 0) is 45.4 Å². The molecule has 2 aromatic rings. The van der Waals surface area contributed by atoms with Gasteiger partial charge in [-0.1, -0.05) is 12.1 Å². The van der Waals surface area contributed by atoms with Crippen LogP contribution in [-0.4, -0.2) is 45.8 Å². The predicted octanol–water partition coefficient (Wildman–Crippen LogP) is 2.62. The highest BCUT2D eigenvalue weighted by molar-refractivity contribution is 5.91. The molecule has 0 aliphatic carbocycles. The van der Waals surface area contributed by atoms with Crippen molar-refractivity contribution in [3.63, 3.8) is 0 Å². The van der Waals surface area contributed by atoms with Crippen LogP contribution in [0.5, 0.6) is 0 Å². The van der Waals surface area contributed by atoms with E-state index in [0.717, 1.165) is 30.0 Å². The summed E-state index contributed by atoms with van der Waals surface area (Å²) in [5.41, 5.74) is 3.42. The van der Waals surface area contributed by atoms with Gasteiger partial charge in [0.25, 0.3) is 0 Å². The Hall–Kier alpha value is -2.83. The maximum absolute atomic E-state index is 12.4. The summed E-state index contributed by atoms with van der Waals surface area (Å²) in [5, 5.41) is 10.3. The molecule has 0 spiro atoms. The number of rotatable bonds is 5. The molecule has 3 rings (SSSR count). The largest absolute Gasteiger partial charge is 0.341 e. The Morgan fingerprint density at radius 2 is 2.08 bits per heavy atom. The molecule has 138 valence electrons. The number of urea groups is 1. The van der Waals surface area contributed by atoms with Gasteiger partial charge in [0, 0.05) is 31.2 Å². The lowest BCUT2D eigenvalue weighted by molar-refractivity contribution is -0.127. The van der Waals surface area contributed by atoms with E-state index in [-0.39, 0.29) is 18.0 Å². The summed E-state index contributed by atoms with van der Waals surface area (Å²) in [6.45, 7) is 7.12. The summed E-state index contributed by atoms with van der Waals surface area (Å²) < 4.78 is 1.82. The van der Waals surface area contributed by atoms with Crippen LogP contribution in [0.1, 0.15) is 31.2 Å². The van der Waals surface area contributed by atoms with E-state index in [0.29, 0.717) is 18.7 Å². The maximum atomic E-state index is 12.4. The van der Waals surface area contributed by atoms with E-state index in [2.05, 4.69) is 15.7 Å². The van der Waals surface area contributed by atoms with Crippen LogP contribution in [0.2, 0.25) is 0 Å². The van der Waals surface area contributed by atoms with Crippen LogP contribution >= 0.6 is 0 Å². The second-order valence-electron chi connectivity index (χ2n) is 6.80. The molecule has 1 aromatic heterocycles. The van der Waals surface area contributed by atoms with E-state index in [1.54, 1.807) is 4.90 Å². The van der Waals surface area contributed by atoms with E-state index in [4.69, 9.17) is 0 Å². The van der Waals surface area contributed by atoms with Gasteiger partial charge < -0.3 is 15.5 Å². The summed E-state index contributed by atoms with van der Waals surface area (Å²) in [6, 6.07) is 9.12. The number of anilines is 1. The molecule has 0 bridgehead atoms. The number of carbonyl (C=O) groups is 2. The van der Waals surface area contributed by atoms with Crippen molar-refractivity contribution in [3.8, 4) is 5.69 Å². The topological polar surface area (TPSA) is 79.3 Å². The molecule has 0 radical (unpaired) electrons. The third-order valence-electron chi connectivity index (χ3n) is 4.43. The van der Waals surface area contributed by atoms with Crippen LogP contribution in [0.25, 0.3) is 5.69 Å². The Labute approximate surface area is 153 Å². The van der Waals surface area contributed by atoms with Crippen molar-refractivity contribution >= 4 is 17.6 Å². The molecule has 1 aliphatic heterocycles. The third-order valence-corrected chi connectivity index (χ3v) is 4.43. The molecular weight excluding hydrogens is 330 g/mol. The minimum Gasteiger partial charge on any atom is -0.341 e. The second-order valence-corrected chi connectivity index (χ2v) is 6.80. The molecule has 0 saturated carbocycles. The molecule has 1 saturated heterocycles. The maximum Gasteiger partial charge on any atom is 0.319 e. The van der Waals surface area contributed by atoms with Crippen LogP contribution < -0.4 is 10.6 Å². The van der Waals surface area contributed by atoms with E-state index >= 15 is 0 Å². The number of hydrogen-bond donors (Lipinski definition) is 2. The predicted molar refractivity (Wildman–Crippen MR) is 100 cm³/mol. The number of nitrogens with one attached hydrogen (secondary N) is 2. The second kappa shape index (κ2) is 7.59. The van der Waals surface area contributed by atoms with Crippen molar-refractivity contribution < 1.29 is 9.59 Å². The van der Waals surface area contributed by atoms with Crippen molar-refractivity contribution in [2.75, 3.05) is 18.4 Å². The van der Waals surface area contributed by atoms with Crippen molar-refractivity contribution in [3.05, 3.63) is 41.7 Å². The summed E-state index contributed by atoms with van der Waals surface area (Å²) in [6.07, 6.45) is 1.50. The highest BCUT2D eigenvalue weighted by atomic mass is 16.2. The number of likely N-dealkylation sites (tertiary alicyclic amines) is 1. The summed E-state index contributed by atoms with van der Waals surface area (Å²) >= 11 is 0. The van der Waals surface area contributed by atoms with Crippen LogP contribution in [-0.2, 0) is 4.79 Å². The minimum atomic E-state index is -0.293. The van der Waals surface area contributed by atoms with E-state index in [1.807, 2.05) is 55.8 Å². The van der Waals surface area contributed by atoms with E-state index in [9.17, 15) is 9.59 Å². The molecule has 1 aromatic carbocycles. The first-order valence-electron chi connectivity index (χ1n) is 8.92. The lowest BCUT2D eigenvalue weighted by atomic mass is 10.2. The fraction of sp³-hybridized carbons (Fsp3) is 0.421. The zero-order valence-corrected chi connectivity index (χ0v) is 15.5. The van der Waals surface area contributed by atoms with Crippen LogP contribution in [0.3, 0.4) is 0 Å². The normalized spacial score (nSPS) is 15.2. The molecule has 1 fully saturated rings. The number of aryl methyl sites for hydroxylation is 2. The van der Waals surface area contributed by atoms with Gasteiger partial charge in [0.1, 0.15) is 0 Å².